The summed E-state index contributed by atoms with van der Waals surface area (Å²) in [6.07, 6.45) is 5.37. The number of piperidine rings is 1. The number of carbonyl (C=O) groups excluding carboxylic acids is 2. The lowest BCUT2D eigenvalue weighted by molar-refractivity contribution is -0.909. The smallest absolute Gasteiger partial charge is 0.314 e. The Labute approximate surface area is 347 Å². The maximum atomic E-state index is 13.0. The predicted molar refractivity (Wildman–Crippen MR) is 224 cm³/mol. The highest BCUT2D eigenvalue weighted by Gasteiger charge is 2.25. The van der Waals surface area contributed by atoms with Crippen molar-refractivity contribution in [2.75, 3.05) is 133 Å². The second-order valence-electron chi connectivity index (χ2n) is 13.9. The van der Waals surface area contributed by atoms with E-state index in [0.717, 1.165) is 68.5 Å². The minimum Gasteiger partial charge on any atom is -0.593 e. The number of nitrogens with two attached hydrogens (primary N) is 2. The van der Waals surface area contributed by atoms with E-state index in [4.69, 9.17) is 42.2 Å². The largest absolute Gasteiger partial charge is 0.593 e. The van der Waals surface area contributed by atoms with E-state index in [0.29, 0.717) is 75.6 Å². The fourth-order valence-corrected chi connectivity index (χ4v) is 7.16. The number of nitrogens with zero attached hydrogens (tertiary/aromatic N) is 2. The number of hydrogen-bond donors (Lipinski definition) is 9. The van der Waals surface area contributed by atoms with Crippen LogP contribution in [0.1, 0.15) is 37.2 Å². The van der Waals surface area contributed by atoms with Crippen LogP contribution in [-0.4, -0.2) is 159 Å². The number of nitrogens with one attached hydrogen (secondary N) is 7. The molecule has 20 heteroatoms. The van der Waals surface area contributed by atoms with E-state index < -0.39 is 11.4 Å². The van der Waals surface area contributed by atoms with Crippen molar-refractivity contribution in [2.45, 2.75) is 36.5 Å². The molecule has 57 heavy (non-hydrogen) atoms. The minimum atomic E-state index is -1.37. The quantitative estimate of drug-likeness (QED) is 0.0120. The Balaban J connectivity index is 1.50. The number of likely N-dealkylation sites (N-methyl/N-ethyl adjacent to an activating group) is 1. The van der Waals surface area contributed by atoms with Crippen LogP contribution in [-0.2, 0) is 30.4 Å². The molecule has 1 fully saturated rings. The lowest BCUT2D eigenvalue weighted by Gasteiger charge is -2.35. The Bertz CT molecular complexity index is 1310. The minimum absolute atomic E-state index is 0.172. The van der Waals surface area contributed by atoms with Gasteiger partial charge in [0.1, 0.15) is 13.5 Å². The number of hydrazine groups is 1. The van der Waals surface area contributed by atoms with E-state index in [1.54, 1.807) is 0 Å². The molecule has 2 rings (SSSR count). The third kappa shape index (κ3) is 24.2. The Morgan fingerprint density at radius 1 is 0.947 bits per heavy atom. The van der Waals surface area contributed by atoms with Crippen molar-refractivity contribution in [3.8, 4) is 0 Å². The van der Waals surface area contributed by atoms with Gasteiger partial charge in [0.2, 0.25) is 0 Å². The molecule has 4 amide bonds. The third-order valence-corrected chi connectivity index (χ3v) is 10.3. The second kappa shape index (κ2) is 31.3. The maximum absolute atomic E-state index is 13.0. The number of rotatable bonds is 32. The molecule has 0 bridgehead atoms. The summed E-state index contributed by atoms with van der Waals surface area (Å²) in [5, 5.41) is 11.8. The van der Waals surface area contributed by atoms with Crippen LogP contribution in [0.25, 0.3) is 0 Å². The molecule has 1 heterocycles. The molecular weight excluding hydrogens is 778 g/mol. The zero-order valence-corrected chi connectivity index (χ0v) is 35.5. The summed E-state index contributed by atoms with van der Waals surface area (Å²) < 4.78 is 33.0. The molecule has 1 aromatic carbocycles. The number of quaternary nitrogens is 1. The molecule has 0 spiro atoms. The average Bonchev–Trinajstić information content (AvgIpc) is 3.19. The summed E-state index contributed by atoms with van der Waals surface area (Å²) >= 11 is 4.72. The zero-order valence-electron chi connectivity index (χ0n) is 33.9. The molecule has 1 aliphatic heterocycles. The predicted octanol–water partition coefficient (Wildman–Crippen LogP) is 0.520. The molecule has 0 aliphatic carbocycles. The van der Waals surface area contributed by atoms with Gasteiger partial charge in [-0.1, -0.05) is 35.9 Å². The van der Waals surface area contributed by atoms with Crippen molar-refractivity contribution in [3.63, 3.8) is 0 Å². The molecular formula is C37H69ClN11O7S+. The van der Waals surface area contributed by atoms with Crippen molar-refractivity contribution in [2.24, 2.45) is 11.6 Å². The van der Waals surface area contributed by atoms with Crippen LogP contribution in [0.15, 0.2) is 52.4 Å². The van der Waals surface area contributed by atoms with E-state index in [9.17, 15) is 14.1 Å². The van der Waals surface area contributed by atoms with Gasteiger partial charge in [-0.05, 0) is 43.8 Å². The van der Waals surface area contributed by atoms with Crippen molar-refractivity contribution in [1.82, 2.24) is 41.8 Å². The van der Waals surface area contributed by atoms with Crippen molar-refractivity contribution < 1.29 is 37.7 Å². The number of urea groups is 2. The van der Waals surface area contributed by atoms with Gasteiger partial charge in [0, 0.05) is 69.5 Å². The number of hydrogen-bond acceptors (Lipinski definition) is 13. The van der Waals surface area contributed by atoms with Gasteiger partial charge in [0.15, 0.2) is 4.90 Å². The van der Waals surface area contributed by atoms with Gasteiger partial charge >= 0.3 is 12.1 Å². The summed E-state index contributed by atoms with van der Waals surface area (Å²) in [5.41, 5.74) is 13.1. The standard InChI is InChI=1S/C37H68ClN11O7S/c1-31(38)26-33-10-17-48(2)28-35(33)32-8-4-9-34(27-32)57(52)47-16-22-54-25-24-53-21-14-43-36(50)41-12-6-19-49(3,18-5-11-39)20-7-13-42-37(51)44-15-23-56-46-30-55-29-45-40/h4,8-9,26-27,35,45-47H,1,5-7,10-25,28-30,39-40H2,2-3H3,(H3-,41,42,43,44,50,51)/p+1/b33-26+/t35-,49?,57?/m0/s1. The first kappa shape index (κ1) is 50.5. The lowest BCUT2D eigenvalue weighted by atomic mass is 9.85. The summed E-state index contributed by atoms with van der Waals surface area (Å²) in [6.45, 7) is 13.3. The summed E-state index contributed by atoms with van der Waals surface area (Å²) in [7, 11) is 4.28. The Hall–Kier alpha value is -2.60. The first-order valence-corrected chi connectivity index (χ1v) is 21.2. The highest BCUT2D eigenvalue weighted by Crippen LogP contribution is 2.33. The molecule has 18 nitrogen and oxygen atoms in total. The molecule has 3 atom stereocenters. The van der Waals surface area contributed by atoms with Crippen molar-refractivity contribution in [1.29, 1.82) is 0 Å². The summed E-state index contributed by atoms with van der Waals surface area (Å²) in [4.78, 5) is 32.5. The lowest BCUT2D eigenvalue weighted by Crippen LogP contribution is -2.49. The van der Waals surface area contributed by atoms with Gasteiger partial charge in [-0.3, -0.25) is 10.7 Å². The molecule has 0 radical (unpaired) electrons. The van der Waals surface area contributed by atoms with Gasteiger partial charge in [-0.2, -0.15) is 5.48 Å². The van der Waals surface area contributed by atoms with E-state index in [1.807, 2.05) is 24.3 Å². The topological polar surface area (TPSA) is 234 Å². The maximum Gasteiger partial charge on any atom is 0.314 e. The van der Waals surface area contributed by atoms with Gasteiger partial charge in [0.25, 0.3) is 0 Å². The fraction of sp³-hybridized carbons (Fsp3) is 0.676. The van der Waals surface area contributed by atoms with Crippen LogP contribution >= 0.6 is 11.6 Å². The number of hydroxylamine groups is 1. The van der Waals surface area contributed by atoms with E-state index in [-0.39, 0.29) is 38.0 Å². The molecule has 1 aromatic rings. The summed E-state index contributed by atoms with van der Waals surface area (Å²) in [5.74, 6) is 5.26. The van der Waals surface area contributed by atoms with E-state index in [1.165, 1.54) is 5.57 Å². The molecule has 1 saturated heterocycles. The van der Waals surface area contributed by atoms with Gasteiger partial charge in [-0.15, -0.1) is 4.72 Å². The first-order valence-electron chi connectivity index (χ1n) is 19.6. The Kier molecular flexibility index (Phi) is 27.8. The number of ether oxygens (including phenoxy) is 3. The SMILES string of the molecule is C=C(Cl)/C=C1\CCN(C)C[C@H]1c1cccc([S+]([O-])NCCOCCOCCNC(=O)NCCC[N+](C)(CCCN)CCCNC(=O)NCCONCOCNN)c1. The van der Waals surface area contributed by atoms with Crippen LogP contribution in [0.5, 0.6) is 0 Å². The van der Waals surface area contributed by atoms with Crippen molar-refractivity contribution >= 4 is 35.0 Å². The second-order valence-corrected chi connectivity index (χ2v) is 15.7. The number of allylic oxidation sites excluding steroid dienone is 2. The zero-order chi connectivity index (χ0) is 41.6. The van der Waals surface area contributed by atoms with Gasteiger partial charge < -0.3 is 55.1 Å². The molecule has 0 saturated carbocycles. The third-order valence-electron chi connectivity index (χ3n) is 9.08. The molecule has 2 unspecified atom stereocenters. The first-order chi connectivity index (χ1) is 27.6. The number of amides is 4. The number of carbonyl (C=O) groups is 2. The normalized spacial score (nSPS) is 16.9. The van der Waals surface area contributed by atoms with Crippen LogP contribution in [0.2, 0.25) is 0 Å². The highest BCUT2D eigenvalue weighted by molar-refractivity contribution is 7.89. The van der Waals surface area contributed by atoms with E-state index >= 15 is 0 Å². The molecule has 11 N–H and O–H groups in total. The molecule has 0 aromatic heterocycles. The van der Waals surface area contributed by atoms with Crippen LogP contribution < -0.4 is 48.5 Å². The summed E-state index contributed by atoms with van der Waals surface area (Å²) in [6, 6.07) is 7.37. The number of halogens is 1. The van der Waals surface area contributed by atoms with E-state index in [2.05, 4.69) is 68.5 Å². The highest BCUT2D eigenvalue weighted by atomic mass is 35.5. The fourth-order valence-electron chi connectivity index (χ4n) is 6.14. The molecule has 326 valence electrons. The monoisotopic (exact) mass is 846 g/mol. The van der Waals surface area contributed by atoms with Gasteiger partial charge in [-0.25, -0.2) is 15.0 Å². The Morgan fingerprint density at radius 3 is 2.23 bits per heavy atom. The average molecular weight is 848 g/mol. The van der Waals surface area contributed by atoms with Crippen molar-refractivity contribution in [3.05, 3.63) is 53.1 Å². The number of benzene rings is 1. The number of likely N-dealkylation sites (tertiary alicyclic amines) is 1. The molecule has 1 aliphatic rings. The van der Waals surface area contributed by atoms with Crippen LogP contribution in [0.4, 0.5) is 9.59 Å². The van der Waals surface area contributed by atoms with Crippen LogP contribution in [0.3, 0.4) is 0 Å². The van der Waals surface area contributed by atoms with Crippen LogP contribution in [0, 0.1) is 0 Å². The van der Waals surface area contributed by atoms with Gasteiger partial charge in [0.05, 0.1) is 77.6 Å². The Morgan fingerprint density at radius 2 is 1.58 bits per heavy atom.